The van der Waals surface area contributed by atoms with Gasteiger partial charge in [0.2, 0.25) is 0 Å². The summed E-state index contributed by atoms with van der Waals surface area (Å²) in [5, 5.41) is 3.94. The van der Waals surface area contributed by atoms with Gasteiger partial charge in [0.1, 0.15) is 5.76 Å². The molecule has 2 rings (SSSR count). The molecule has 0 unspecified atom stereocenters. The Hall–Kier alpha value is -1.32. The summed E-state index contributed by atoms with van der Waals surface area (Å²) in [7, 11) is 0. The van der Waals surface area contributed by atoms with Gasteiger partial charge in [0.25, 0.3) is 5.91 Å². The van der Waals surface area contributed by atoms with Gasteiger partial charge < -0.3 is 9.42 Å². The highest BCUT2D eigenvalue weighted by molar-refractivity contribution is 5.92. The molecule has 0 aliphatic carbocycles. The van der Waals surface area contributed by atoms with Gasteiger partial charge >= 0.3 is 0 Å². The number of likely N-dealkylation sites (tertiary alicyclic amines) is 1. The summed E-state index contributed by atoms with van der Waals surface area (Å²) in [6.45, 7) is 9.22. The van der Waals surface area contributed by atoms with Gasteiger partial charge in [-0.05, 0) is 25.7 Å². The van der Waals surface area contributed by atoms with Gasteiger partial charge in [-0.2, -0.15) is 0 Å². The van der Waals surface area contributed by atoms with Crippen LogP contribution in [0.3, 0.4) is 0 Å². The minimum Gasteiger partial charge on any atom is -0.360 e. The van der Waals surface area contributed by atoms with Crippen molar-refractivity contribution >= 4 is 5.91 Å². The Balaban J connectivity index is 2.16. The zero-order valence-electron chi connectivity index (χ0n) is 12.3. The first-order valence-electron chi connectivity index (χ1n) is 7.26. The summed E-state index contributed by atoms with van der Waals surface area (Å²) in [6.07, 6.45) is 3.47. The van der Waals surface area contributed by atoms with Crippen LogP contribution in [0.15, 0.2) is 10.6 Å². The van der Waals surface area contributed by atoms with Crippen molar-refractivity contribution in [1.82, 2.24) is 10.1 Å². The predicted molar refractivity (Wildman–Crippen MR) is 74.1 cm³/mol. The number of aromatic nitrogens is 1. The Bertz CT molecular complexity index is 439. The maximum atomic E-state index is 12.5. The maximum absolute atomic E-state index is 12.5. The molecular formula is C15H24N2O2. The van der Waals surface area contributed by atoms with Gasteiger partial charge in [0.05, 0.1) is 0 Å². The number of carbonyl (C=O) groups is 1. The third-order valence-electron chi connectivity index (χ3n) is 3.94. The molecule has 19 heavy (non-hydrogen) atoms. The van der Waals surface area contributed by atoms with Crippen molar-refractivity contribution in [3.63, 3.8) is 0 Å². The van der Waals surface area contributed by atoms with E-state index in [1.165, 1.54) is 12.8 Å². The summed E-state index contributed by atoms with van der Waals surface area (Å²) in [5.41, 5.74) is 0.449. The van der Waals surface area contributed by atoms with Crippen LogP contribution in [0.1, 0.15) is 69.1 Å². The lowest BCUT2D eigenvalue weighted by Crippen LogP contribution is -2.40. The van der Waals surface area contributed by atoms with Crippen molar-refractivity contribution in [3.8, 4) is 0 Å². The second-order valence-electron chi connectivity index (χ2n) is 6.11. The Morgan fingerprint density at radius 1 is 1.42 bits per heavy atom. The van der Waals surface area contributed by atoms with Crippen LogP contribution in [0, 0.1) is 5.92 Å². The molecule has 106 valence electrons. The lowest BCUT2D eigenvalue weighted by molar-refractivity contribution is 0.0666. The summed E-state index contributed by atoms with van der Waals surface area (Å²) in [6, 6.07) is 2.08. The molecule has 1 aromatic heterocycles. The summed E-state index contributed by atoms with van der Waals surface area (Å²) >= 11 is 0. The largest absolute Gasteiger partial charge is 0.360 e. The maximum Gasteiger partial charge on any atom is 0.276 e. The molecule has 1 amide bonds. The zero-order valence-corrected chi connectivity index (χ0v) is 12.3. The summed E-state index contributed by atoms with van der Waals surface area (Å²) in [5.74, 6) is 1.61. The molecular weight excluding hydrogens is 240 g/mol. The third-order valence-corrected chi connectivity index (χ3v) is 3.94. The molecule has 0 aromatic carbocycles. The number of hydrogen-bond acceptors (Lipinski definition) is 3. The molecule has 2 heterocycles. The Morgan fingerprint density at radius 3 is 2.79 bits per heavy atom. The van der Waals surface area contributed by atoms with E-state index in [1.807, 2.05) is 18.7 Å². The lowest BCUT2D eigenvalue weighted by atomic mass is 10.1. The van der Waals surface area contributed by atoms with E-state index >= 15 is 0 Å². The highest BCUT2D eigenvalue weighted by Gasteiger charge is 2.28. The van der Waals surface area contributed by atoms with Crippen molar-refractivity contribution in [2.45, 2.75) is 58.9 Å². The van der Waals surface area contributed by atoms with Crippen LogP contribution < -0.4 is 0 Å². The molecule has 1 aliphatic rings. The lowest BCUT2D eigenvalue weighted by Gasteiger charge is -2.27. The van der Waals surface area contributed by atoms with Crippen LogP contribution in [0.5, 0.6) is 0 Å². The molecule has 4 heteroatoms. The van der Waals surface area contributed by atoms with Crippen LogP contribution in [0.2, 0.25) is 0 Å². The van der Waals surface area contributed by atoms with E-state index in [4.69, 9.17) is 4.52 Å². The molecule has 1 aromatic rings. The molecule has 0 saturated carbocycles. The highest BCUT2D eigenvalue weighted by Crippen LogP contribution is 2.23. The molecule has 1 fully saturated rings. The molecule has 0 spiro atoms. The van der Waals surface area contributed by atoms with Gasteiger partial charge in [-0.25, -0.2) is 0 Å². The monoisotopic (exact) mass is 264 g/mol. The molecule has 1 saturated heterocycles. The molecule has 0 N–H and O–H groups in total. The average molecular weight is 264 g/mol. The van der Waals surface area contributed by atoms with E-state index in [0.717, 1.165) is 18.7 Å². The predicted octanol–water partition coefficient (Wildman–Crippen LogP) is 3.45. The Labute approximate surface area is 115 Å². The highest BCUT2D eigenvalue weighted by atomic mass is 16.5. The molecule has 4 nitrogen and oxygen atoms in total. The standard InChI is InChI=1S/C15H24N2O2/c1-10(2)14-8-13(16-19-14)15(18)17-9-11(3)6-5-7-12(17)4/h8,10-12H,5-7,9H2,1-4H3/t11-,12+/m1/s1. The van der Waals surface area contributed by atoms with E-state index in [2.05, 4.69) is 19.0 Å². The van der Waals surface area contributed by atoms with Crippen molar-refractivity contribution in [3.05, 3.63) is 17.5 Å². The van der Waals surface area contributed by atoms with Crippen molar-refractivity contribution in [1.29, 1.82) is 0 Å². The van der Waals surface area contributed by atoms with Gasteiger partial charge in [0, 0.05) is 24.6 Å². The van der Waals surface area contributed by atoms with E-state index in [9.17, 15) is 4.79 Å². The minimum absolute atomic E-state index is 0.0110. The van der Waals surface area contributed by atoms with Gasteiger partial charge in [-0.3, -0.25) is 4.79 Å². The fraction of sp³-hybridized carbons (Fsp3) is 0.733. The van der Waals surface area contributed by atoms with Crippen LogP contribution in [0.4, 0.5) is 0 Å². The van der Waals surface area contributed by atoms with E-state index in [1.54, 1.807) is 6.07 Å². The molecule has 0 radical (unpaired) electrons. The fourth-order valence-corrected chi connectivity index (χ4v) is 2.62. The van der Waals surface area contributed by atoms with E-state index in [-0.39, 0.29) is 17.9 Å². The first-order chi connectivity index (χ1) is 8.99. The topological polar surface area (TPSA) is 46.3 Å². The number of amides is 1. The second kappa shape index (κ2) is 5.76. The normalized spacial score (nSPS) is 24.6. The average Bonchev–Trinajstić information content (AvgIpc) is 2.78. The fourth-order valence-electron chi connectivity index (χ4n) is 2.62. The summed E-state index contributed by atoms with van der Waals surface area (Å²) in [4.78, 5) is 14.5. The van der Waals surface area contributed by atoms with Gasteiger partial charge in [-0.1, -0.05) is 32.3 Å². The Kier molecular flexibility index (Phi) is 4.27. The van der Waals surface area contributed by atoms with Crippen molar-refractivity contribution < 1.29 is 9.32 Å². The number of hydrogen-bond donors (Lipinski definition) is 0. The minimum atomic E-state index is 0.0110. The first kappa shape index (κ1) is 14.1. The van der Waals surface area contributed by atoms with E-state index in [0.29, 0.717) is 11.6 Å². The van der Waals surface area contributed by atoms with Crippen LogP contribution in [0.25, 0.3) is 0 Å². The second-order valence-corrected chi connectivity index (χ2v) is 6.11. The third kappa shape index (κ3) is 3.17. The Morgan fingerprint density at radius 2 is 2.16 bits per heavy atom. The van der Waals surface area contributed by atoms with Crippen LogP contribution in [-0.4, -0.2) is 28.6 Å². The number of nitrogens with zero attached hydrogens (tertiary/aromatic N) is 2. The molecule has 1 aliphatic heterocycles. The number of rotatable bonds is 2. The van der Waals surface area contributed by atoms with Crippen LogP contribution in [-0.2, 0) is 0 Å². The smallest absolute Gasteiger partial charge is 0.276 e. The molecule has 2 atom stereocenters. The number of carbonyl (C=O) groups excluding carboxylic acids is 1. The van der Waals surface area contributed by atoms with Gasteiger partial charge in [-0.15, -0.1) is 0 Å². The molecule has 0 bridgehead atoms. The first-order valence-corrected chi connectivity index (χ1v) is 7.26. The van der Waals surface area contributed by atoms with Crippen molar-refractivity contribution in [2.75, 3.05) is 6.54 Å². The van der Waals surface area contributed by atoms with Crippen molar-refractivity contribution in [2.24, 2.45) is 5.92 Å². The zero-order chi connectivity index (χ0) is 14.0. The SMILES string of the molecule is CC(C)c1cc(C(=O)N2C[C@H](C)CCC[C@@H]2C)no1. The van der Waals surface area contributed by atoms with Crippen LogP contribution >= 0.6 is 0 Å². The quantitative estimate of drug-likeness (QED) is 0.822. The van der Waals surface area contributed by atoms with E-state index < -0.39 is 0 Å². The summed E-state index contributed by atoms with van der Waals surface area (Å²) < 4.78 is 5.23. The van der Waals surface area contributed by atoms with Gasteiger partial charge in [0.15, 0.2) is 5.69 Å².